The summed E-state index contributed by atoms with van der Waals surface area (Å²) in [6.07, 6.45) is 60.2. The van der Waals surface area contributed by atoms with Crippen LogP contribution < -0.4 is 0 Å². The number of nitrogens with zero attached hydrogens (tertiary/aromatic N) is 2. The second-order valence-corrected chi connectivity index (χ2v) is 20.0. The van der Waals surface area contributed by atoms with Crippen LogP contribution in [0.4, 0.5) is 0 Å². The lowest BCUT2D eigenvalue weighted by atomic mass is 9.99. The SMILES string of the molecule is CCCCCCCC/C=C\CCCCCCCCN(C)CCSSCCN(C)C(CCCCCCC/C=C\CCCCCCCC)CCCCCCCCC. The maximum absolute atomic E-state index is 2.74. The van der Waals surface area contributed by atoms with Gasteiger partial charge in [-0.2, -0.15) is 0 Å². The van der Waals surface area contributed by atoms with Gasteiger partial charge in [0.25, 0.3) is 0 Å². The van der Waals surface area contributed by atoms with Crippen LogP contribution in [0.1, 0.15) is 252 Å². The van der Waals surface area contributed by atoms with Crippen molar-refractivity contribution in [2.45, 2.75) is 258 Å². The summed E-state index contributed by atoms with van der Waals surface area (Å²) in [4.78, 5) is 5.31. The summed E-state index contributed by atoms with van der Waals surface area (Å²) in [5.41, 5.74) is 0. The van der Waals surface area contributed by atoms with Crippen LogP contribution in [0.5, 0.6) is 0 Å². The molecule has 0 bridgehead atoms. The summed E-state index contributed by atoms with van der Waals surface area (Å²) in [6.45, 7) is 10.7. The van der Waals surface area contributed by atoms with Gasteiger partial charge in [0.2, 0.25) is 0 Å². The summed E-state index contributed by atoms with van der Waals surface area (Å²) >= 11 is 0. The molecule has 0 heterocycles. The fourth-order valence-corrected chi connectivity index (χ4v) is 9.93. The van der Waals surface area contributed by atoms with E-state index in [1.54, 1.807) is 0 Å². The van der Waals surface area contributed by atoms with Gasteiger partial charge >= 0.3 is 0 Å². The Balaban J connectivity index is 3.96. The molecule has 0 rings (SSSR count). The van der Waals surface area contributed by atoms with Crippen LogP contribution in [-0.4, -0.2) is 61.1 Å². The van der Waals surface area contributed by atoms with Crippen LogP contribution >= 0.6 is 21.6 Å². The third kappa shape index (κ3) is 45.0. The molecule has 328 valence electrons. The van der Waals surface area contributed by atoms with Gasteiger partial charge in [-0.1, -0.05) is 227 Å². The summed E-state index contributed by atoms with van der Waals surface area (Å²) in [6, 6.07) is 0.786. The van der Waals surface area contributed by atoms with Crippen LogP contribution in [0.25, 0.3) is 0 Å². The van der Waals surface area contributed by atoms with Gasteiger partial charge in [-0.15, -0.1) is 0 Å². The predicted octanol–water partition coefficient (Wildman–Crippen LogP) is 17.8. The normalized spacial score (nSPS) is 12.8. The summed E-state index contributed by atoms with van der Waals surface area (Å²) in [7, 11) is 8.99. The number of hydrogen-bond donors (Lipinski definition) is 0. The summed E-state index contributed by atoms with van der Waals surface area (Å²) in [5, 5.41) is 0. The molecule has 2 nitrogen and oxygen atoms in total. The highest BCUT2D eigenvalue weighted by molar-refractivity contribution is 8.76. The molecule has 0 spiro atoms. The molecule has 0 amide bonds. The highest BCUT2D eigenvalue weighted by Gasteiger charge is 2.14. The van der Waals surface area contributed by atoms with Gasteiger partial charge in [0, 0.05) is 30.6 Å². The Morgan fingerprint density at radius 1 is 0.345 bits per heavy atom. The fourth-order valence-electron chi connectivity index (χ4n) is 7.79. The molecule has 0 aliphatic carbocycles. The van der Waals surface area contributed by atoms with Crippen molar-refractivity contribution in [3.05, 3.63) is 24.3 Å². The van der Waals surface area contributed by atoms with Crippen molar-refractivity contribution in [1.82, 2.24) is 9.80 Å². The molecular weight excluding hydrogens is 705 g/mol. The molecule has 4 heteroatoms. The first kappa shape index (κ1) is 55.1. The zero-order valence-corrected chi connectivity index (χ0v) is 40.2. The molecule has 1 atom stereocenters. The smallest absolute Gasteiger partial charge is 0.0165 e. The molecule has 1 unspecified atom stereocenters. The fraction of sp³-hybridized carbons (Fsp3) is 0.922. The topological polar surface area (TPSA) is 6.48 Å². The van der Waals surface area contributed by atoms with E-state index < -0.39 is 0 Å². The van der Waals surface area contributed by atoms with Crippen molar-refractivity contribution in [2.24, 2.45) is 0 Å². The molecule has 0 aromatic heterocycles. The second kappa shape index (κ2) is 48.5. The van der Waals surface area contributed by atoms with Gasteiger partial charge in [-0.25, -0.2) is 0 Å². The monoisotopic (exact) mass is 807 g/mol. The Kier molecular flexibility index (Phi) is 48.6. The van der Waals surface area contributed by atoms with Gasteiger partial charge in [-0.05, 0) is 91.3 Å². The quantitative estimate of drug-likeness (QED) is 0.0343. The molecule has 0 saturated carbocycles. The minimum Gasteiger partial charge on any atom is -0.306 e. The average Bonchev–Trinajstić information content (AvgIpc) is 3.19. The van der Waals surface area contributed by atoms with Crippen LogP contribution in [0.15, 0.2) is 24.3 Å². The summed E-state index contributed by atoms with van der Waals surface area (Å²) in [5.74, 6) is 2.52. The van der Waals surface area contributed by atoms with E-state index in [0.29, 0.717) is 0 Å². The molecule has 0 saturated heterocycles. The summed E-state index contributed by atoms with van der Waals surface area (Å²) < 4.78 is 0. The molecular formula is C51H102N2S2. The van der Waals surface area contributed by atoms with E-state index in [9.17, 15) is 0 Å². The number of hydrogen-bond acceptors (Lipinski definition) is 4. The molecule has 0 aromatic rings. The van der Waals surface area contributed by atoms with Crippen LogP contribution in [0.3, 0.4) is 0 Å². The lowest BCUT2D eigenvalue weighted by Gasteiger charge is -2.28. The van der Waals surface area contributed by atoms with Gasteiger partial charge < -0.3 is 9.80 Å². The molecule has 0 radical (unpaired) electrons. The standard InChI is InChI=1S/C51H102N2S2/c1-6-9-12-15-18-20-22-24-26-28-30-32-34-37-40-43-46-52(4)47-49-54-55-50-48-53(5)51(44-41-38-35-17-14-11-8-3)45-42-39-36-33-31-29-27-25-23-21-19-16-13-10-7-2/h24-27,51H,6-23,28-50H2,1-5H3/b26-24-,27-25-. The first-order valence-corrected chi connectivity index (χ1v) is 27.6. The Morgan fingerprint density at radius 3 is 1.04 bits per heavy atom. The molecule has 55 heavy (non-hydrogen) atoms. The van der Waals surface area contributed by atoms with Gasteiger partial charge in [-0.3, -0.25) is 0 Å². The lowest BCUT2D eigenvalue weighted by Crippen LogP contribution is -2.33. The Morgan fingerprint density at radius 2 is 0.655 bits per heavy atom. The molecule has 0 aliphatic rings. The van der Waals surface area contributed by atoms with Crippen LogP contribution in [0.2, 0.25) is 0 Å². The van der Waals surface area contributed by atoms with Crippen molar-refractivity contribution in [2.75, 3.05) is 45.2 Å². The zero-order valence-electron chi connectivity index (χ0n) is 38.6. The molecule has 0 aromatic carbocycles. The van der Waals surface area contributed by atoms with Gasteiger partial charge in [0.1, 0.15) is 0 Å². The maximum atomic E-state index is 2.74. The van der Waals surface area contributed by atoms with E-state index in [2.05, 4.69) is 90.6 Å². The Labute approximate surface area is 357 Å². The number of allylic oxidation sites excluding steroid dienone is 4. The Bertz CT molecular complexity index is 755. The van der Waals surface area contributed by atoms with Crippen molar-refractivity contribution < 1.29 is 0 Å². The third-order valence-electron chi connectivity index (χ3n) is 11.8. The lowest BCUT2D eigenvalue weighted by molar-refractivity contribution is 0.221. The first-order chi connectivity index (χ1) is 27.2. The van der Waals surface area contributed by atoms with E-state index in [4.69, 9.17) is 0 Å². The number of rotatable bonds is 47. The van der Waals surface area contributed by atoms with E-state index in [1.165, 1.54) is 262 Å². The highest BCUT2D eigenvalue weighted by atomic mass is 33.1. The van der Waals surface area contributed by atoms with Crippen molar-refractivity contribution in [1.29, 1.82) is 0 Å². The van der Waals surface area contributed by atoms with E-state index in [1.807, 2.05) is 0 Å². The van der Waals surface area contributed by atoms with Crippen LogP contribution in [-0.2, 0) is 0 Å². The van der Waals surface area contributed by atoms with Crippen molar-refractivity contribution in [3.8, 4) is 0 Å². The third-order valence-corrected chi connectivity index (χ3v) is 14.1. The van der Waals surface area contributed by atoms with E-state index in [0.717, 1.165) is 6.04 Å². The average molecular weight is 808 g/mol. The number of unbranched alkanes of at least 4 members (excludes halogenated alkanes) is 29. The Hall–Kier alpha value is 0.100. The molecule has 0 aliphatic heterocycles. The first-order valence-electron chi connectivity index (χ1n) is 25.1. The molecule has 0 N–H and O–H groups in total. The predicted molar refractivity (Wildman–Crippen MR) is 260 cm³/mol. The minimum absolute atomic E-state index is 0.786. The van der Waals surface area contributed by atoms with E-state index >= 15 is 0 Å². The minimum atomic E-state index is 0.786. The maximum Gasteiger partial charge on any atom is 0.0165 e. The second-order valence-electron chi connectivity index (χ2n) is 17.3. The zero-order chi connectivity index (χ0) is 40.0. The van der Waals surface area contributed by atoms with Crippen molar-refractivity contribution in [3.63, 3.8) is 0 Å². The van der Waals surface area contributed by atoms with Gasteiger partial charge in [0.15, 0.2) is 0 Å². The largest absolute Gasteiger partial charge is 0.306 e. The van der Waals surface area contributed by atoms with Crippen molar-refractivity contribution >= 4 is 21.6 Å². The van der Waals surface area contributed by atoms with Crippen LogP contribution in [0, 0.1) is 0 Å². The van der Waals surface area contributed by atoms with E-state index in [-0.39, 0.29) is 0 Å². The van der Waals surface area contributed by atoms with Gasteiger partial charge in [0.05, 0.1) is 0 Å². The molecule has 0 fully saturated rings. The highest BCUT2D eigenvalue weighted by Crippen LogP contribution is 2.23.